The van der Waals surface area contributed by atoms with E-state index in [0.717, 1.165) is 0 Å². The number of aliphatic carboxylic acids is 1. The summed E-state index contributed by atoms with van der Waals surface area (Å²) in [5, 5.41) is 9.91. The van der Waals surface area contributed by atoms with E-state index in [1.807, 2.05) is 13.8 Å². The number of carboxylic acids is 1. The van der Waals surface area contributed by atoms with E-state index in [1.165, 1.54) is 0 Å². The first-order chi connectivity index (χ1) is 9.76. The predicted molar refractivity (Wildman–Crippen MR) is 81.3 cm³/mol. The van der Waals surface area contributed by atoms with Crippen molar-refractivity contribution in [2.45, 2.75) is 20.3 Å². The number of benzene rings is 1. The molecule has 0 saturated carbocycles. The molecule has 0 radical (unpaired) electrons. The zero-order valence-corrected chi connectivity index (χ0v) is 12.9. The highest BCUT2D eigenvalue weighted by atomic mass is 35.5. The molecule has 114 valence electrons. The number of hydrogen-bond acceptors (Lipinski definition) is 3. The van der Waals surface area contributed by atoms with Crippen molar-refractivity contribution in [2.75, 3.05) is 18.8 Å². The van der Waals surface area contributed by atoms with E-state index in [9.17, 15) is 14.7 Å². The van der Waals surface area contributed by atoms with Gasteiger partial charge in [0.1, 0.15) is 0 Å². The summed E-state index contributed by atoms with van der Waals surface area (Å²) in [6, 6.07) is 4.68. The van der Waals surface area contributed by atoms with Gasteiger partial charge in [0, 0.05) is 29.4 Å². The number of carboxylic acid groups (broad SMARTS) is 1. The summed E-state index contributed by atoms with van der Waals surface area (Å²) in [7, 11) is 0. The second-order valence-electron chi connectivity index (χ2n) is 5.87. The Hall–Kier alpha value is -1.75. The molecular weight excluding hydrogens is 292 g/mol. The molecule has 1 fully saturated rings. The maximum Gasteiger partial charge on any atom is 0.311 e. The van der Waals surface area contributed by atoms with Gasteiger partial charge >= 0.3 is 5.97 Å². The van der Waals surface area contributed by atoms with Gasteiger partial charge in [-0.2, -0.15) is 0 Å². The van der Waals surface area contributed by atoms with Crippen LogP contribution in [0.5, 0.6) is 0 Å². The number of halogens is 1. The second kappa shape index (κ2) is 5.56. The number of nitrogens with two attached hydrogens (primary N) is 1. The van der Waals surface area contributed by atoms with Crippen LogP contribution in [0.3, 0.4) is 0 Å². The fraction of sp³-hybridized carbons (Fsp3) is 0.467. The third-order valence-electron chi connectivity index (χ3n) is 4.29. The van der Waals surface area contributed by atoms with Crippen LogP contribution in [0.15, 0.2) is 18.2 Å². The van der Waals surface area contributed by atoms with E-state index in [-0.39, 0.29) is 18.4 Å². The third-order valence-corrected chi connectivity index (χ3v) is 4.50. The SMILES string of the molecule is CC(C)C1(C(=O)O)CCN(C(=O)c2cc(N)cc(Cl)c2)C1. The predicted octanol–water partition coefficient (Wildman–Crippen LogP) is 2.50. The fourth-order valence-electron chi connectivity index (χ4n) is 2.82. The van der Waals surface area contributed by atoms with Gasteiger partial charge in [0.15, 0.2) is 0 Å². The van der Waals surface area contributed by atoms with Crippen molar-refractivity contribution in [3.05, 3.63) is 28.8 Å². The average Bonchev–Trinajstić information content (AvgIpc) is 2.83. The molecule has 1 heterocycles. The van der Waals surface area contributed by atoms with Gasteiger partial charge in [-0.3, -0.25) is 9.59 Å². The quantitative estimate of drug-likeness (QED) is 0.840. The molecule has 1 aliphatic rings. The Morgan fingerprint density at radius 2 is 2.05 bits per heavy atom. The van der Waals surface area contributed by atoms with Crippen LogP contribution < -0.4 is 5.73 Å². The Morgan fingerprint density at radius 3 is 2.52 bits per heavy atom. The number of nitrogens with zero attached hydrogens (tertiary/aromatic N) is 1. The molecule has 1 atom stereocenters. The monoisotopic (exact) mass is 310 g/mol. The number of anilines is 1. The van der Waals surface area contributed by atoms with Gasteiger partial charge in [0.05, 0.1) is 5.41 Å². The molecule has 5 nitrogen and oxygen atoms in total. The molecule has 1 aromatic carbocycles. The van der Waals surface area contributed by atoms with Gasteiger partial charge in [0.2, 0.25) is 0 Å². The second-order valence-corrected chi connectivity index (χ2v) is 6.30. The minimum Gasteiger partial charge on any atom is -0.481 e. The molecule has 1 amide bonds. The highest BCUT2D eigenvalue weighted by molar-refractivity contribution is 6.31. The fourth-order valence-corrected chi connectivity index (χ4v) is 3.06. The molecule has 0 spiro atoms. The maximum absolute atomic E-state index is 12.5. The van der Waals surface area contributed by atoms with Crippen LogP contribution >= 0.6 is 11.6 Å². The van der Waals surface area contributed by atoms with Gasteiger partial charge < -0.3 is 15.7 Å². The molecule has 1 aromatic rings. The molecule has 2 rings (SSSR count). The number of amides is 1. The standard InChI is InChI=1S/C15H19ClN2O3/c1-9(2)15(14(20)21)3-4-18(8-15)13(19)10-5-11(16)7-12(17)6-10/h5-7,9H,3-4,8,17H2,1-2H3,(H,20,21). The summed E-state index contributed by atoms with van der Waals surface area (Å²) in [6.45, 7) is 4.39. The normalized spacial score (nSPS) is 21.8. The first kappa shape index (κ1) is 15.6. The van der Waals surface area contributed by atoms with E-state index in [0.29, 0.717) is 29.2 Å². The lowest BCUT2D eigenvalue weighted by Gasteiger charge is -2.28. The lowest BCUT2D eigenvalue weighted by Crippen LogP contribution is -2.40. The molecule has 3 N–H and O–H groups in total. The first-order valence-corrected chi connectivity index (χ1v) is 7.23. The Bertz CT molecular complexity index is 568. The number of carbonyl (C=O) groups excluding carboxylic acids is 1. The van der Waals surface area contributed by atoms with Crippen molar-refractivity contribution in [1.29, 1.82) is 0 Å². The molecule has 1 saturated heterocycles. The summed E-state index contributed by atoms with van der Waals surface area (Å²) < 4.78 is 0. The molecule has 0 bridgehead atoms. The van der Waals surface area contributed by atoms with Crippen LogP contribution in [0.4, 0.5) is 5.69 Å². The minimum atomic E-state index is -0.875. The van der Waals surface area contributed by atoms with Crippen LogP contribution in [0.25, 0.3) is 0 Å². The number of carbonyl (C=O) groups is 2. The van der Waals surface area contributed by atoms with Crippen LogP contribution in [0.2, 0.25) is 5.02 Å². The summed E-state index contributed by atoms with van der Waals surface area (Å²) in [6.07, 6.45) is 0.460. The van der Waals surface area contributed by atoms with E-state index in [4.69, 9.17) is 17.3 Å². The molecule has 21 heavy (non-hydrogen) atoms. The molecule has 6 heteroatoms. The molecule has 1 unspecified atom stereocenters. The number of rotatable bonds is 3. The molecule has 0 aromatic heterocycles. The summed E-state index contributed by atoms with van der Waals surface area (Å²) in [5.41, 5.74) is 5.63. The number of likely N-dealkylation sites (tertiary alicyclic amines) is 1. The Kier molecular flexibility index (Phi) is 4.14. The van der Waals surface area contributed by atoms with E-state index in [1.54, 1.807) is 23.1 Å². The number of nitrogen functional groups attached to an aromatic ring is 1. The maximum atomic E-state index is 12.5. The van der Waals surface area contributed by atoms with Crippen LogP contribution in [0.1, 0.15) is 30.6 Å². The van der Waals surface area contributed by atoms with Gasteiger partial charge in [-0.15, -0.1) is 0 Å². The van der Waals surface area contributed by atoms with Crippen molar-refractivity contribution in [3.8, 4) is 0 Å². The van der Waals surface area contributed by atoms with Crippen molar-refractivity contribution in [3.63, 3.8) is 0 Å². The molecule has 0 aliphatic carbocycles. The van der Waals surface area contributed by atoms with Gasteiger partial charge in [0.25, 0.3) is 5.91 Å². The lowest BCUT2D eigenvalue weighted by atomic mass is 9.76. The van der Waals surface area contributed by atoms with Crippen LogP contribution in [-0.4, -0.2) is 35.0 Å². The van der Waals surface area contributed by atoms with E-state index >= 15 is 0 Å². The van der Waals surface area contributed by atoms with Crippen LogP contribution in [-0.2, 0) is 4.79 Å². The highest BCUT2D eigenvalue weighted by Crippen LogP contribution is 2.38. The highest BCUT2D eigenvalue weighted by Gasteiger charge is 2.48. The summed E-state index contributed by atoms with van der Waals surface area (Å²) in [5.74, 6) is -1.12. The zero-order valence-electron chi connectivity index (χ0n) is 12.1. The van der Waals surface area contributed by atoms with Crippen LogP contribution in [0, 0.1) is 11.3 Å². The van der Waals surface area contributed by atoms with E-state index in [2.05, 4.69) is 0 Å². The molecular formula is C15H19ClN2O3. The van der Waals surface area contributed by atoms with Crippen molar-refractivity contribution in [1.82, 2.24) is 4.90 Å². The smallest absolute Gasteiger partial charge is 0.311 e. The third kappa shape index (κ3) is 2.83. The topological polar surface area (TPSA) is 83.6 Å². The average molecular weight is 311 g/mol. The van der Waals surface area contributed by atoms with Gasteiger partial charge in [-0.1, -0.05) is 25.4 Å². The summed E-state index contributed by atoms with van der Waals surface area (Å²) in [4.78, 5) is 25.7. The first-order valence-electron chi connectivity index (χ1n) is 6.85. The Labute approximate surface area is 128 Å². The minimum absolute atomic E-state index is 0.0442. The van der Waals surface area contributed by atoms with Gasteiger partial charge in [-0.05, 0) is 30.5 Å². The largest absolute Gasteiger partial charge is 0.481 e. The molecule has 1 aliphatic heterocycles. The Morgan fingerprint density at radius 1 is 1.38 bits per heavy atom. The van der Waals surface area contributed by atoms with Gasteiger partial charge in [-0.25, -0.2) is 0 Å². The summed E-state index contributed by atoms with van der Waals surface area (Å²) >= 11 is 5.91. The lowest BCUT2D eigenvalue weighted by molar-refractivity contribution is -0.150. The Balaban J connectivity index is 2.24. The number of hydrogen-bond donors (Lipinski definition) is 2. The van der Waals surface area contributed by atoms with Crippen molar-refractivity contribution < 1.29 is 14.7 Å². The van der Waals surface area contributed by atoms with Crippen molar-refractivity contribution >= 4 is 29.2 Å². The zero-order chi connectivity index (χ0) is 15.8. The van der Waals surface area contributed by atoms with Crippen molar-refractivity contribution in [2.24, 2.45) is 11.3 Å². The van der Waals surface area contributed by atoms with E-state index < -0.39 is 11.4 Å².